The van der Waals surface area contributed by atoms with Gasteiger partial charge < -0.3 is 5.32 Å². The molecule has 88 valence electrons. The quantitative estimate of drug-likeness (QED) is 0.912. The van der Waals surface area contributed by atoms with Crippen molar-refractivity contribution < 1.29 is 4.79 Å². The summed E-state index contributed by atoms with van der Waals surface area (Å²) in [5.74, 6) is -0.0489. The maximum absolute atomic E-state index is 12.0. The van der Waals surface area contributed by atoms with Gasteiger partial charge in [-0.25, -0.2) is 0 Å². The summed E-state index contributed by atoms with van der Waals surface area (Å²) in [6.45, 7) is 1.99. The Kier molecular flexibility index (Phi) is 3.97. The van der Waals surface area contributed by atoms with Gasteiger partial charge in [-0.15, -0.1) is 11.3 Å². The van der Waals surface area contributed by atoms with Crippen molar-refractivity contribution in [3.63, 3.8) is 0 Å². The van der Waals surface area contributed by atoms with Crippen LogP contribution in [0.1, 0.15) is 28.2 Å². The van der Waals surface area contributed by atoms with Crippen LogP contribution in [-0.4, -0.2) is 5.91 Å². The molecule has 2 rings (SSSR count). The van der Waals surface area contributed by atoms with E-state index in [-0.39, 0.29) is 11.9 Å². The maximum Gasteiger partial charge on any atom is 0.251 e. The van der Waals surface area contributed by atoms with Crippen LogP contribution in [0.15, 0.2) is 46.3 Å². The Hall–Kier alpha value is -1.13. The van der Waals surface area contributed by atoms with Gasteiger partial charge in [-0.05, 0) is 36.6 Å². The molecule has 1 atom stereocenters. The maximum atomic E-state index is 12.0. The molecule has 0 radical (unpaired) electrons. The van der Waals surface area contributed by atoms with Gasteiger partial charge in [-0.3, -0.25) is 4.79 Å². The van der Waals surface area contributed by atoms with E-state index in [1.54, 1.807) is 17.4 Å². The lowest BCUT2D eigenvalue weighted by molar-refractivity contribution is 0.0940. The molecule has 2 aromatic rings. The van der Waals surface area contributed by atoms with E-state index in [0.717, 1.165) is 9.35 Å². The van der Waals surface area contributed by atoms with Crippen molar-refractivity contribution in [1.82, 2.24) is 5.32 Å². The molecule has 4 heteroatoms. The summed E-state index contributed by atoms with van der Waals surface area (Å²) in [7, 11) is 0. The Labute approximate surface area is 113 Å². The number of hydrogen-bond acceptors (Lipinski definition) is 2. The molecule has 0 saturated carbocycles. The second kappa shape index (κ2) is 5.47. The number of carbonyl (C=O) groups is 1. The van der Waals surface area contributed by atoms with Gasteiger partial charge in [-0.2, -0.15) is 0 Å². The summed E-state index contributed by atoms with van der Waals surface area (Å²) < 4.78 is 0.911. The summed E-state index contributed by atoms with van der Waals surface area (Å²) in [4.78, 5) is 13.1. The van der Waals surface area contributed by atoms with Crippen LogP contribution in [0.2, 0.25) is 0 Å². The zero-order valence-electron chi connectivity index (χ0n) is 9.31. The zero-order chi connectivity index (χ0) is 12.3. The number of nitrogens with one attached hydrogen (secondary N) is 1. The first-order valence-corrected chi connectivity index (χ1v) is 6.94. The number of rotatable bonds is 3. The van der Waals surface area contributed by atoms with E-state index in [1.807, 2.05) is 42.6 Å². The van der Waals surface area contributed by atoms with Crippen LogP contribution >= 0.6 is 27.3 Å². The normalized spacial score (nSPS) is 12.1. The molecule has 2 nitrogen and oxygen atoms in total. The number of halogens is 1. The molecule has 0 saturated heterocycles. The molecule has 1 aromatic carbocycles. The molecule has 0 spiro atoms. The third-order valence-electron chi connectivity index (χ3n) is 2.40. The fourth-order valence-electron chi connectivity index (χ4n) is 1.52. The number of carbonyl (C=O) groups excluding carboxylic acids is 1. The highest BCUT2D eigenvalue weighted by Gasteiger charge is 2.11. The number of amides is 1. The average molecular weight is 310 g/mol. The lowest BCUT2D eigenvalue weighted by atomic mass is 10.2. The molecule has 1 heterocycles. The molecule has 0 bridgehead atoms. The highest BCUT2D eigenvalue weighted by Crippen LogP contribution is 2.19. The third-order valence-corrected chi connectivity index (χ3v) is 3.95. The van der Waals surface area contributed by atoms with Crippen LogP contribution in [-0.2, 0) is 0 Å². The molecule has 0 aliphatic rings. The third kappa shape index (κ3) is 3.17. The van der Waals surface area contributed by atoms with Crippen molar-refractivity contribution in [2.75, 3.05) is 0 Å². The van der Waals surface area contributed by atoms with Crippen molar-refractivity contribution in [1.29, 1.82) is 0 Å². The van der Waals surface area contributed by atoms with E-state index in [0.29, 0.717) is 5.56 Å². The van der Waals surface area contributed by atoms with E-state index in [9.17, 15) is 4.79 Å². The van der Waals surface area contributed by atoms with E-state index < -0.39 is 0 Å². The minimum Gasteiger partial charge on any atom is -0.345 e. The molecule has 0 unspecified atom stereocenters. The van der Waals surface area contributed by atoms with Crippen LogP contribution < -0.4 is 5.32 Å². The van der Waals surface area contributed by atoms with Gasteiger partial charge in [-0.1, -0.05) is 28.1 Å². The van der Waals surface area contributed by atoms with E-state index in [1.165, 1.54) is 0 Å². The highest BCUT2D eigenvalue weighted by atomic mass is 79.9. The van der Waals surface area contributed by atoms with Crippen LogP contribution in [0.3, 0.4) is 0 Å². The van der Waals surface area contributed by atoms with E-state index in [4.69, 9.17) is 0 Å². The predicted molar refractivity (Wildman–Crippen MR) is 74.3 cm³/mol. The topological polar surface area (TPSA) is 29.1 Å². The number of benzene rings is 1. The van der Waals surface area contributed by atoms with Gasteiger partial charge in [0.05, 0.1) is 6.04 Å². The van der Waals surface area contributed by atoms with Crippen LogP contribution in [0.5, 0.6) is 0 Å². The van der Waals surface area contributed by atoms with Crippen LogP contribution in [0, 0.1) is 0 Å². The summed E-state index contributed by atoms with van der Waals surface area (Å²) in [5, 5.41) is 4.99. The van der Waals surface area contributed by atoms with Gasteiger partial charge >= 0.3 is 0 Å². The van der Waals surface area contributed by atoms with Crippen molar-refractivity contribution in [3.05, 3.63) is 56.7 Å². The summed E-state index contributed by atoms with van der Waals surface area (Å²) in [6.07, 6.45) is 0. The molecule has 1 amide bonds. The molecule has 1 N–H and O–H groups in total. The number of hydrogen-bond donors (Lipinski definition) is 1. The van der Waals surface area contributed by atoms with Gasteiger partial charge in [0, 0.05) is 14.9 Å². The van der Waals surface area contributed by atoms with Crippen molar-refractivity contribution >= 4 is 33.2 Å². The summed E-state index contributed by atoms with van der Waals surface area (Å²) in [6, 6.07) is 11.4. The van der Waals surface area contributed by atoms with Crippen LogP contribution in [0.4, 0.5) is 0 Å². The Morgan fingerprint density at radius 3 is 2.82 bits per heavy atom. The molecule has 17 heavy (non-hydrogen) atoms. The molecule has 1 aromatic heterocycles. The lowest BCUT2D eigenvalue weighted by Gasteiger charge is -2.12. The Morgan fingerprint density at radius 2 is 2.18 bits per heavy atom. The first-order chi connectivity index (χ1) is 8.16. The molecular weight excluding hydrogens is 298 g/mol. The lowest BCUT2D eigenvalue weighted by Crippen LogP contribution is -2.26. The van der Waals surface area contributed by atoms with Crippen molar-refractivity contribution in [2.45, 2.75) is 13.0 Å². The van der Waals surface area contributed by atoms with Gasteiger partial charge in [0.2, 0.25) is 0 Å². The SMILES string of the molecule is C[C@H](NC(=O)c1cccc(Br)c1)c1cccs1. The van der Waals surface area contributed by atoms with Crippen molar-refractivity contribution in [2.24, 2.45) is 0 Å². The summed E-state index contributed by atoms with van der Waals surface area (Å²) in [5.41, 5.74) is 0.669. The second-order valence-corrected chi connectivity index (χ2v) is 5.62. The number of thiophene rings is 1. The minimum atomic E-state index is -0.0489. The molecular formula is C13H12BrNOS. The largest absolute Gasteiger partial charge is 0.345 e. The average Bonchev–Trinajstić information content (AvgIpc) is 2.82. The Balaban J connectivity index is 2.07. The van der Waals surface area contributed by atoms with E-state index in [2.05, 4.69) is 21.2 Å². The highest BCUT2D eigenvalue weighted by molar-refractivity contribution is 9.10. The molecule has 0 aliphatic carbocycles. The predicted octanol–water partition coefficient (Wildman–Crippen LogP) is 4.00. The van der Waals surface area contributed by atoms with Gasteiger partial charge in [0.15, 0.2) is 0 Å². The standard InChI is InChI=1S/C13H12BrNOS/c1-9(12-6-3-7-17-12)15-13(16)10-4-2-5-11(14)8-10/h2-9H,1H3,(H,15,16)/t9-/m0/s1. The fourth-order valence-corrected chi connectivity index (χ4v) is 2.65. The van der Waals surface area contributed by atoms with Crippen molar-refractivity contribution in [3.8, 4) is 0 Å². The molecule has 0 fully saturated rings. The smallest absolute Gasteiger partial charge is 0.251 e. The molecule has 0 aliphatic heterocycles. The monoisotopic (exact) mass is 309 g/mol. The second-order valence-electron chi connectivity index (χ2n) is 3.72. The summed E-state index contributed by atoms with van der Waals surface area (Å²) >= 11 is 5.00. The zero-order valence-corrected chi connectivity index (χ0v) is 11.7. The van der Waals surface area contributed by atoms with E-state index >= 15 is 0 Å². The fraction of sp³-hybridized carbons (Fsp3) is 0.154. The Morgan fingerprint density at radius 1 is 1.35 bits per heavy atom. The first-order valence-electron chi connectivity index (χ1n) is 5.26. The van der Waals surface area contributed by atoms with Gasteiger partial charge in [0.25, 0.3) is 5.91 Å². The van der Waals surface area contributed by atoms with Gasteiger partial charge in [0.1, 0.15) is 0 Å². The van der Waals surface area contributed by atoms with Crippen LogP contribution in [0.25, 0.3) is 0 Å². The Bertz CT molecular complexity index is 510. The minimum absolute atomic E-state index is 0.0430. The first kappa shape index (κ1) is 12.3.